The molecule has 2 rings (SSSR count). The second-order valence-corrected chi connectivity index (χ2v) is 8.37. The maximum Gasteiger partial charge on any atom is 0.246 e. The summed E-state index contributed by atoms with van der Waals surface area (Å²) in [5, 5.41) is 19.8. The third kappa shape index (κ3) is 7.62. The van der Waals surface area contributed by atoms with Crippen molar-refractivity contribution in [3.63, 3.8) is 0 Å². The Balaban J connectivity index is 1.83. The van der Waals surface area contributed by atoms with Gasteiger partial charge < -0.3 is 15.2 Å². The molecule has 0 fully saturated rings. The highest BCUT2D eigenvalue weighted by Crippen LogP contribution is 2.18. The standard InChI is InChI=1S/C19H29N5O2S/c1-13(2)23-24-18-20-10-14(3)17(22-18)26-12-15(25)11-21-19(4,5)9-16-7-6-8-27-16/h6-8,10,15,21,25H,9,11-12H2,1-5H3,(H,20,22,24). The van der Waals surface area contributed by atoms with Crippen molar-refractivity contribution < 1.29 is 9.84 Å². The lowest BCUT2D eigenvalue weighted by atomic mass is 9.99. The lowest BCUT2D eigenvalue weighted by molar-refractivity contribution is 0.0962. The zero-order valence-electron chi connectivity index (χ0n) is 16.6. The van der Waals surface area contributed by atoms with Gasteiger partial charge in [-0.05, 0) is 52.5 Å². The molecule has 0 bridgehead atoms. The van der Waals surface area contributed by atoms with Crippen LogP contribution in [-0.4, -0.2) is 45.6 Å². The van der Waals surface area contributed by atoms with Crippen molar-refractivity contribution in [2.24, 2.45) is 5.10 Å². The van der Waals surface area contributed by atoms with Crippen LogP contribution in [0.5, 0.6) is 5.88 Å². The minimum Gasteiger partial charge on any atom is -0.475 e. The van der Waals surface area contributed by atoms with Crippen LogP contribution in [-0.2, 0) is 6.42 Å². The summed E-state index contributed by atoms with van der Waals surface area (Å²) in [6, 6.07) is 4.18. The number of β-amino-alcohol motifs (C(OH)–C–C–N with tert-alkyl or cyclic N) is 1. The van der Waals surface area contributed by atoms with E-state index in [1.165, 1.54) is 4.88 Å². The van der Waals surface area contributed by atoms with E-state index in [2.05, 4.69) is 57.2 Å². The Morgan fingerprint density at radius 1 is 1.41 bits per heavy atom. The van der Waals surface area contributed by atoms with Gasteiger partial charge in [-0.15, -0.1) is 11.3 Å². The zero-order chi connectivity index (χ0) is 19.9. The van der Waals surface area contributed by atoms with E-state index in [1.807, 2.05) is 20.8 Å². The molecule has 2 aromatic rings. The van der Waals surface area contributed by atoms with Crippen LogP contribution in [0.25, 0.3) is 0 Å². The number of aliphatic hydroxyl groups excluding tert-OH is 1. The number of rotatable bonds is 10. The number of thiophene rings is 1. The van der Waals surface area contributed by atoms with Gasteiger partial charge in [0.15, 0.2) is 0 Å². The molecule has 0 aliphatic rings. The van der Waals surface area contributed by atoms with Crippen LogP contribution in [0.3, 0.4) is 0 Å². The van der Waals surface area contributed by atoms with E-state index in [1.54, 1.807) is 17.5 Å². The third-order valence-corrected chi connectivity index (χ3v) is 4.61. The second kappa shape index (κ2) is 9.77. The largest absolute Gasteiger partial charge is 0.475 e. The predicted octanol–water partition coefficient (Wildman–Crippen LogP) is 3.00. The minimum atomic E-state index is -0.644. The van der Waals surface area contributed by atoms with Crippen molar-refractivity contribution in [1.82, 2.24) is 15.3 Å². The van der Waals surface area contributed by atoms with E-state index in [9.17, 15) is 5.11 Å². The first-order valence-corrected chi connectivity index (χ1v) is 9.82. The summed E-state index contributed by atoms with van der Waals surface area (Å²) in [5.41, 5.74) is 4.34. The maximum atomic E-state index is 10.3. The molecule has 0 aliphatic carbocycles. The SMILES string of the molecule is CC(C)=NNc1ncc(C)c(OCC(O)CNC(C)(C)Cc2cccs2)n1. The average Bonchev–Trinajstić information content (AvgIpc) is 3.10. The van der Waals surface area contributed by atoms with Gasteiger partial charge in [0.05, 0.1) is 0 Å². The molecule has 2 heterocycles. The summed E-state index contributed by atoms with van der Waals surface area (Å²) in [6.07, 6.45) is 1.93. The molecule has 27 heavy (non-hydrogen) atoms. The average molecular weight is 392 g/mol. The molecule has 0 spiro atoms. The van der Waals surface area contributed by atoms with Gasteiger partial charge in [-0.25, -0.2) is 10.4 Å². The number of ether oxygens (including phenoxy) is 1. The van der Waals surface area contributed by atoms with E-state index in [4.69, 9.17) is 4.74 Å². The van der Waals surface area contributed by atoms with E-state index in [0.717, 1.165) is 17.7 Å². The van der Waals surface area contributed by atoms with Crippen molar-refractivity contribution in [2.75, 3.05) is 18.6 Å². The lowest BCUT2D eigenvalue weighted by Crippen LogP contribution is -2.46. The van der Waals surface area contributed by atoms with Crippen LogP contribution in [0.2, 0.25) is 0 Å². The fourth-order valence-electron chi connectivity index (χ4n) is 2.33. The van der Waals surface area contributed by atoms with E-state index < -0.39 is 6.10 Å². The monoisotopic (exact) mass is 391 g/mol. The minimum absolute atomic E-state index is 0.107. The van der Waals surface area contributed by atoms with Gasteiger partial charge in [-0.2, -0.15) is 10.1 Å². The maximum absolute atomic E-state index is 10.3. The molecular formula is C19H29N5O2S. The van der Waals surface area contributed by atoms with Crippen LogP contribution in [0.4, 0.5) is 5.95 Å². The van der Waals surface area contributed by atoms with Crippen LogP contribution in [0.15, 0.2) is 28.8 Å². The number of anilines is 1. The Bertz CT molecular complexity index is 743. The Morgan fingerprint density at radius 2 is 2.19 bits per heavy atom. The summed E-state index contributed by atoms with van der Waals surface area (Å²) in [4.78, 5) is 9.77. The number of hydrazone groups is 1. The highest BCUT2D eigenvalue weighted by Gasteiger charge is 2.20. The number of hydrogen-bond donors (Lipinski definition) is 3. The number of aryl methyl sites for hydroxylation is 1. The van der Waals surface area contributed by atoms with Gasteiger partial charge in [0, 0.05) is 34.4 Å². The first-order valence-electron chi connectivity index (χ1n) is 8.94. The molecule has 8 heteroatoms. The number of nitrogens with zero attached hydrogens (tertiary/aromatic N) is 3. The number of aromatic nitrogens is 2. The molecule has 0 saturated carbocycles. The van der Waals surface area contributed by atoms with Gasteiger partial charge in [0.2, 0.25) is 11.8 Å². The fourth-order valence-corrected chi connectivity index (χ4v) is 3.26. The van der Waals surface area contributed by atoms with Gasteiger partial charge in [0.25, 0.3) is 0 Å². The van der Waals surface area contributed by atoms with Gasteiger partial charge in [-0.1, -0.05) is 6.07 Å². The number of nitrogens with one attached hydrogen (secondary N) is 2. The molecule has 3 N–H and O–H groups in total. The Kier molecular flexibility index (Phi) is 7.70. The smallest absolute Gasteiger partial charge is 0.246 e. The Labute approximate surface area is 164 Å². The van der Waals surface area contributed by atoms with Crippen molar-refractivity contribution in [1.29, 1.82) is 0 Å². The molecular weight excluding hydrogens is 362 g/mol. The molecule has 1 unspecified atom stereocenters. The second-order valence-electron chi connectivity index (χ2n) is 7.34. The summed E-state index contributed by atoms with van der Waals surface area (Å²) in [7, 11) is 0. The predicted molar refractivity (Wildman–Crippen MR) is 111 cm³/mol. The van der Waals surface area contributed by atoms with E-state index >= 15 is 0 Å². The molecule has 0 saturated heterocycles. The Hall–Kier alpha value is -2.03. The van der Waals surface area contributed by atoms with Crippen LogP contribution in [0, 0.1) is 6.92 Å². The van der Waals surface area contributed by atoms with E-state index in [0.29, 0.717) is 18.4 Å². The number of hydrogen-bond acceptors (Lipinski definition) is 8. The normalized spacial score (nSPS) is 12.5. The fraction of sp³-hybridized carbons (Fsp3) is 0.526. The quantitative estimate of drug-likeness (QED) is 0.426. The summed E-state index contributed by atoms with van der Waals surface area (Å²) in [5.74, 6) is 0.801. The van der Waals surface area contributed by atoms with Gasteiger partial charge >= 0.3 is 0 Å². The Morgan fingerprint density at radius 3 is 2.85 bits per heavy atom. The molecule has 7 nitrogen and oxygen atoms in total. The summed E-state index contributed by atoms with van der Waals surface area (Å²) >= 11 is 1.74. The van der Waals surface area contributed by atoms with Crippen LogP contribution in [0.1, 0.15) is 38.1 Å². The van der Waals surface area contributed by atoms with Gasteiger partial charge in [-0.3, -0.25) is 0 Å². The van der Waals surface area contributed by atoms with Crippen LogP contribution < -0.4 is 15.5 Å². The third-order valence-electron chi connectivity index (χ3n) is 3.73. The summed E-state index contributed by atoms with van der Waals surface area (Å²) < 4.78 is 5.69. The molecule has 0 aromatic carbocycles. The van der Waals surface area contributed by atoms with Gasteiger partial charge in [0.1, 0.15) is 12.7 Å². The van der Waals surface area contributed by atoms with E-state index in [-0.39, 0.29) is 12.1 Å². The van der Waals surface area contributed by atoms with Crippen molar-refractivity contribution in [3.8, 4) is 5.88 Å². The topological polar surface area (TPSA) is 91.7 Å². The first-order chi connectivity index (χ1) is 12.7. The first kappa shape index (κ1) is 21.3. The van der Waals surface area contributed by atoms with Crippen molar-refractivity contribution >= 4 is 23.0 Å². The molecule has 0 radical (unpaired) electrons. The number of aliphatic hydroxyl groups is 1. The van der Waals surface area contributed by atoms with Crippen molar-refractivity contribution in [2.45, 2.75) is 52.7 Å². The molecule has 1 atom stereocenters. The molecule has 2 aromatic heterocycles. The molecule has 148 valence electrons. The highest BCUT2D eigenvalue weighted by molar-refractivity contribution is 7.09. The lowest BCUT2D eigenvalue weighted by Gasteiger charge is -2.27. The highest BCUT2D eigenvalue weighted by atomic mass is 32.1. The molecule has 0 aliphatic heterocycles. The summed E-state index contributed by atoms with van der Waals surface area (Å²) in [6.45, 7) is 10.5. The zero-order valence-corrected chi connectivity index (χ0v) is 17.4. The van der Waals surface area contributed by atoms with Crippen LogP contribution >= 0.6 is 11.3 Å². The van der Waals surface area contributed by atoms with Crippen molar-refractivity contribution in [3.05, 3.63) is 34.2 Å². The molecule has 0 amide bonds.